The second-order valence-electron chi connectivity index (χ2n) is 5.77. The molecular weight excluding hydrogens is 330 g/mol. The lowest BCUT2D eigenvalue weighted by atomic mass is 10.1. The number of nitro groups is 1. The first-order valence-corrected chi connectivity index (χ1v) is 9.02. The summed E-state index contributed by atoms with van der Waals surface area (Å²) in [5.41, 5.74) is 1.08. The van der Waals surface area contributed by atoms with E-state index in [1.807, 2.05) is 6.07 Å². The predicted molar refractivity (Wildman–Crippen MR) is 87.9 cm³/mol. The zero-order valence-corrected chi connectivity index (χ0v) is 13.9. The molecule has 0 radical (unpaired) electrons. The molecule has 0 unspecified atom stereocenters. The molecule has 8 heteroatoms. The Kier molecular flexibility index (Phi) is 4.33. The van der Waals surface area contributed by atoms with Crippen LogP contribution in [0.3, 0.4) is 0 Å². The Morgan fingerprint density at radius 2 is 2.12 bits per heavy atom. The second-order valence-corrected chi connectivity index (χ2v) is 7.66. The Bertz CT molecular complexity index is 868. The summed E-state index contributed by atoms with van der Waals surface area (Å²) in [6.45, 7) is 1.98. The van der Waals surface area contributed by atoms with E-state index in [1.54, 1.807) is 25.4 Å². The van der Waals surface area contributed by atoms with Crippen molar-refractivity contribution >= 4 is 15.7 Å². The van der Waals surface area contributed by atoms with Gasteiger partial charge in [0.25, 0.3) is 5.69 Å². The van der Waals surface area contributed by atoms with Crippen LogP contribution in [0.2, 0.25) is 0 Å². The van der Waals surface area contributed by atoms with Crippen LogP contribution in [0.15, 0.2) is 47.6 Å². The minimum atomic E-state index is -3.81. The predicted octanol–water partition coefficient (Wildman–Crippen LogP) is 2.82. The van der Waals surface area contributed by atoms with E-state index in [-0.39, 0.29) is 16.6 Å². The van der Waals surface area contributed by atoms with Gasteiger partial charge in [-0.3, -0.25) is 15.1 Å². The molecule has 1 aliphatic rings. The third kappa shape index (κ3) is 2.90. The lowest BCUT2D eigenvalue weighted by molar-refractivity contribution is -0.385. The lowest BCUT2D eigenvalue weighted by Crippen LogP contribution is -2.30. The first-order chi connectivity index (χ1) is 11.4. The molecule has 0 bridgehead atoms. The summed E-state index contributed by atoms with van der Waals surface area (Å²) in [7, 11) is -3.81. The van der Waals surface area contributed by atoms with Gasteiger partial charge in [-0.1, -0.05) is 12.1 Å². The zero-order valence-electron chi connectivity index (χ0n) is 13.1. The molecule has 2 heterocycles. The summed E-state index contributed by atoms with van der Waals surface area (Å²) < 4.78 is 27.4. The van der Waals surface area contributed by atoms with Gasteiger partial charge >= 0.3 is 0 Å². The molecule has 7 nitrogen and oxygen atoms in total. The molecule has 0 N–H and O–H groups in total. The van der Waals surface area contributed by atoms with Crippen molar-refractivity contribution in [3.63, 3.8) is 0 Å². The number of hydrogen-bond acceptors (Lipinski definition) is 5. The van der Waals surface area contributed by atoms with Gasteiger partial charge in [0.05, 0.1) is 15.9 Å². The highest BCUT2D eigenvalue weighted by Crippen LogP contribution is 2.37. The van der Waals surface area contributed by atoms with E-state index in [9.17, 15) is 18.5 Å². The number of pyridine rings is 1. The van der Waals surface area contributed by atoms with E-state index < -0.39 is 14.9 Å². The van der Waals surface area contributed by atoms with Gasteiger partial charge < -0.3 is 0 Å². The van der Waals surface area contributed by atoms with Crippen molar-refractivity contribution in [3.8, 4) is 0 Å². The van der Waals surface area contributed by atoms with E-state index in [4.69, 9.17) is 0 Å². The van der Waals surface area contributed by atoms with E-state index >= 15 is 0 Å². The molecule has 24 heavy (non-hydrogen) atoms. The highest BCUT2D eigenvalue weighted by Gasteiger charge is 2.37. The Morgan fingerprint density at radius 3 is 2.79 bits per heavy atom. The quantitative estimate of drug-likeness (QED) is 0.626. The number of aromatic nitrogens is 1. The van der Waals surface area contributed by atoms with Gasteiger partial charge in [0.1, 0.15) is 0 Å². The van der Waals surface area contributed by atoms with Crippen LogP contribution in [0.5, 0.6) is 0 Å². The van der Waals surface area contributed by atoms with E-state index in [1.165, 1.54) is 16.4 Å². The molecule has 1 aliphatic heterocycles. The maximum Gasteiger partial charge on any atom is 0.273 e. The van der Waals surface area contributed by atoms with Crippen molar-refractivity contribution in [2.45, 2.75) is 30.7 Å². The SMILES string of the molecule is Cc1ccc(S(=O)(=O)N2CCC[C@@H]2c2cccnc2)cc1[N+](=O)[O-]. The molecule has 1 saturated heterocycles. The number of nitro benzene ring substituents is 1. The fourth-order valence-corrected chi connectivity index (χ4v) is 4.72. The normalized spacial score (nSPS) is 18.6. The number of aryl methyl sites for hydroxylation is 1. The maximum absolute atomic E-state index is 13.0. The highest BCUT2D eigenvalue weighted by molar-refractivity contribution is 7.89. The molecule has 3 rings (SSSR count). The van der Waals surface area contributed by atoms with Crippen molar-refractivity contribution in [3.05, 3.63) is 64.0 Å². The van der Waals surface area contributed by atoms with E-state index in [0.717, 1.165) is 18.1 Å². The fraction of sp³-hybridized carbons (Fsp3) is 0.312. The van der Waals surface area contributed by atoms with Crippen LogP contribution in [-0.4, -0.2) is 29.2 Å². The molecule has 0 spiro atoms. The summed E-state index contributed by atoms with van der Waals surface area (Å²) >= 11 is 0. The van der Waals surface area contributed by atoms with Gasteiger partial charge in [-0.2, -0.15) is 4.31 Å². The van der Waals surface area contributed by atoms with Crippen molar-refractivity contribution in [2.24, 2.45) is 0 Å². The number of sulfonamides is 1. The summed E-state index contributed by atoms with van der Waals surface area (Å²) in [6.07, 6.45) is 4.75. The van der Waals surface area contributed by atoms with Crippen LogP contribution in [0.4, 0.5) is 5.69 Å². The molecule has 0 amide bonds. The molecule has 1 aromatic carbocycles. The number of hydrogen-bond donors (Lipinski definition) is 0. The fourth-order valence-electron chi connectivity index (χ4n) is 3.02. The molecule has 0 aliphatic carbocycles. The first-order valence-electron chi connectivity index (χ1n) is 7.58. The van der Waals surface area contributed by atoms with Crippen LogP contribution in [0.1, 0.15) is 30.0 Å². The third-order valence-corrected chi connectivity index (χ3v) is 6.16. The van der Waals surface area contributed by atoms with Crippen molar-refractivity contribution in [1.82, 2.24) is 9.29 Å². The minimum Gasteiger partial charge on any atom is -0.264 e. The number of benzene rings is 1. The summed E-state index contributed by atoms with van der Waals surface area (Å²) in [6, 6.07) is 7.38. The molecule has 126 valence electrons. The van der Waals surface area contributed by atoms with Crippen LogP contribution in [0, 0.1) is 17.0 Å². The molecular formula is C16H17N3O4S. The third-order valence-electron chi connectivity index (χ3n) is 4.26. The molecule has 0 saturated carbocycles. The maximum atomic E-state index is 13.0. The van der Waals surface area contributed by atoms with Gasteiger partial charge in [0.2, 0.25) is 10.0 Å². The molecule has 1 aromatic heterocycles. The van der Waals surface area contributed by atoms with Crippen molar-refractivity contribution in [1.29, 1.82) is 0 Å². The van der Waals surface area contributed by atoms with Crippen LogP contribution in [0.25, 0.3) is 0 Å². The Hall–Kier alpha value is -2.32. The van der Waals surface area contributed by atoms with Crippen LogP contribution in [-0.2, 0) is 10.0 Å². The van der Waals surface area contributed by atoms with Gasteiger partial charge in [0.15, 0.2) is 0 Å². The average Bonchev–Trinajstić information content (AvgIpc) is 3.06. The first kappa shape index (κ1) is 16.5. The number of nitrogens with zero attached hydrogens (tertiary/aromatic N) is 3. The van der Waals surface area contributed by atoms with Gasteiger partial charge in [-0.05, 0) is 37.5 Å². The Morgan fingerprint density at radius 1 is 1.33 bits per heavy atom. The van der Waals surface area contributed by atoms with Crippen LogP contribution < -0.4 is 0 Å². The van der Waals surface area contributed by atoms with E-state index in [2.05, 4.69) is 4.98 Å². The number of rotatable bonds is 4. The van der Waals surface area contributed by atoms with Gasteiger partial charge in [-0.25, -0.2) is 8.42 Å². The van der Waals surface area contributed by atoms with Crippen molar-refractivity contribution in [2.75, 3.05) is 6.54 Å². The lowest BCUT2D eigenvalue weighted by Gasteiger charge is -2.24. The monoisotopic (exact) mass is 347 g/mol. The van der Waals surface area contributed by atoms with Gasteiger partial charge in [0, 0.05) is 30.6 Å². The smallest absolute Gasteiger partial charge is 0.264 e. The standard InChI is InChI=1S/C16H17N3O4S/c1-12-6-7-14(10-16(12)19(20)21)24(22,23)18-9-3-5-15(18)13-4-2-8-17-11-13/h2,4,6-8,10-11,15H,3,5,9H2,1H3/t15-/m1/s1. The molecule has 2 aromatic rings. The zero-order chi connectivity index (χ0) is 17.3. The average molecular weight is 347 g/mol. The summed E-state index contributed by atoms with van der Waals surface area (Å²) in [4.78, 5) is 14.5. The van der Waals surface area contributed by atoms with Crippen molar-refractivity contribution < 1.29 is 13.3 Å². The topological polar surface area (TPSA) is 93.4 Å². The Balaban J connectivity index is 2.01. The van der Waals surface area contributed by atoms with E-state index in [0.29, 0.717) is 18.5 Å². The highest BCUT2D eigenvalue weighted by atomic mass is 32.2. The summed E-state index contributed by atoms with van der Waals surface area (Å²) in [5, 5.41) is 11.1. The van der Waals surface area contributed by atoms with Crippen LogP contribution >= 0.6 is 0 Å². The Labute approximate surface area is 140 Å². The largest absolute Gasteiger partial charge is 0.273 e. The minimum absolute atomic E-state index is 0.0457. The second kappa shape index (κ2) is 6.29. The summed E-state index contributed by atoms with van der Waals surface area (Å²) in [5.74, 6) is 0. The molecule has 1 fully saturated rings. The van der Waals surface area contributed by atoms with Gasteiger partial charge in [-0.15, -0.1) is 0 Å². The molecule has 1 atom stereocenters.